The Labute approximate surface area is 600 Å². The van der Waals surface area contributed by atoms with Gasteiger partial charge in [0.05, 0.1) is 46.5 Å². The number of alkyl halides is 1. The van der Waals surface area contributed by atoms with Crippen LogP contribution in [0.4, 0.5) is 8.78 Å². The van der Waals surface area contributed by atoms with Crippen molar-refractivity contribution in [2.75, 3.05) is 31.1 Å². The number of nitrogens with zero attached hydrogens (tertiary/aromatic N) is 3. The highest BCUT2D eigenvalue weighted by Gasteiger charge is 2.44. The van der Waals surface area contributed by atoms with Gasteiger partial charge in [-0.1, -0.05) is 36.4 Å². The highest BCUT2D eigenvalue weighted by Crippen LogP contribution is 2.48. The van der Waals surface area contributed by atoms with Crippen LogP contribution in [0.2, 0.25) is 0 Å². The number of primary amides is 1. The van der Waals surface area contributed by atoms with Crippen molar-refractivity contribution < 1.29 is 66.6 Å². The molecule has 26 nitrogen and oxygen atoms in total. The number of unbranched alkanes of at least 4 members (excludes halogenated alkanes) is 1. The first kappa shape index (κ1) is 75.8. The number of halogens is 2. The number of amides is 9. The number of carboxylic acids is 1. The summed E-state index contributed by atoms with van der Waals surface area (Å²) >= 11 is 4.18. The molecule has 3 aromatic heterocycles. The molecule has 2 saturated carbocycles. The molecule has 31 heteroatoms. The molecule has 9 amide bonds. The maximum absolute atomic E-state index is 15.3. The lowest BCUT2D eigenvalue weighted by atomic mass is 9.75. The molecule has 546 valence electrons. The molecule has 12 atom stereocenters. The lowest BCUT2D eigenvalue weighted by molar-refractivity contribution is -0.142. The van der Waals surface area contributed by atoms with Crippen molar-refractivity contribution >= 4 is 121 Å². The lowest BCUT2D eigenvalue weighted by Gasteiger charge is -2.33. The number of hydrogen-bond donors (Lipinski definition) is 12. The summed E-state index contributed by atoms with van der Waals surface area (Å²) in [6, 6.07) is 8.72. The number of nitrogens with two attached hydrogens (primary N) is 2. The number of rotatable bonds is 15. The number of carboxylic acid groups (broad SMARTS) is 1. The third kappa shape index (κ3) is 20.9. The maximum Gasteiger partial charge on any atom is 0.305 e. The van der Waals surface area contributed by atoms with Gasteiger partial charge >= 0.3 is 5.97 Å². The van der Waals surface area contributed by atoms with E-state index in [1.807, 2.05) is 36.4 Å². The number of hydrogen-bond acceptors (Lipinski definition) is 17. The van der Waals surface area contributed by atoms with E-state index in [0.717, 1.165) is 15.8 Å². The highest BCUT2D eigenvalue weighted by molar-refractivity contribution is 7.98. The predicted octanol–water partition coefficient (Wildman–Crippen LogP) is 4.47. The molecular weight excluding hydrogens is 1380 g/mol. The Morgan fingerprint density at radius 3 is 2.19 bits per heavy atom. The number of para-hydroxylation sites is 1. The molecule has 2 bridgehead atoms. The molecular formula is C71H88F2N14O12S3. The second-order valence-corrected chi connectivity index (χ2v) is 30.1. The topological polar surface area (TPSA) is 405 Å². The van der Waals surface area contributed by atoms with Crippen LogP contribution in [-0.4, -0.2) is 174 Å². The van der Waals surface area contributed by atoms with Gasteiger partial charge in [0.1, 0.15) is 48.2 Å². The Balaban J connectivity index is 0.970. The molecule has 5 heterocycles. The van der Waals surface area contributed by atoms with Gasteiger partial charge < -0.3 is 68.7 Å². The summed E-state index contributed by atoms with van der Waals surface area (Å²) in [6.07, 6.45) is 5.04. The number of benzene rings is 3. The van der Waals surface area contributed by atoms with Gasteiger partial charge in [0.2, 0.25) is 53.2 Å². The quantitative estimate of drug-likeness (QED) is 0.0631. The summed E-state index contributed by atoms with van der Waals surface area (Å²) in [5, 5.41) is 30.0. The number of thioether (sulfide) groups is 2. The van der Waals surface area contributed by atoms with E-state index in [1.54, 1.807) is 12.1 Å². The first-order valence-electron chi connectivity index (χ1n) is 34.7. The van der Waals surface area contributed by atoms with E-state index in [2.05, 4.69) is 52.2 Å². The second-order valence-electron chi connectivity index (χ2n) is 26.9. The molecule has 2 aliphatic carbocycles. The van der Waals surface area contributed by atoms with Crippen LogP contribution in [0.3, 0.4) is 0 Å². The summed E-state index contributed by atoms with van der Waals surface area (Å²) in [7, 11) is 0. The smallest absolute Gasteiger partial charge is 0.305 e. The molecule has 3 aromatic carbocycles. The first-order valence-corrected chi connectivity index (χ1v) is 37.8. The average molecular weight is 1460 g/mol. The number of imidazole rings is 1. The number of aliphatic carboxylic acids is 1. The SMILES string of the molecule is NCCCC[C@@H]1NC(=O)CCSCc2cccc(c2)CSC[C@@H](C(N)=O)CC(=O)[C@@H]2CCCN2C(=O)[C@H](Cc2nc3ccccc3s2)NC(=O)[C@H](Cc2cnc[nH]2)NC(=O)[C@H](CC(=O)O)NC(=O)[C@H](CC2CCC3CCC(F)CC32)NC(=O)[C@H](Cc2c[nH]c3ccc(F)cc23)NC(=O)CNC1=O. The number of aromatic amines is 2. The third-order valence-corrected chi connectivity index (χ3v) is 22.8. The minimum Gasteiger partial charge on any atom is -0.481 e. The van der Waals surface area contributed by atoms with Crippen molar-refractivity contribution in [3.63, 3.8) is 0 Å². The van der Waals surface area contributed by atoms with E-state index in [1.165, 1.54) is 76.7 Å². The molecule has 6 aromatic rings. The van der Waals surface area contributed by atoms with Crippen LogP contribution in [0, 0.1) is 29.5 Å². The number of aromatic nitrogens is 4. The van der Waals surface area contributed by atoms with Crippen molar-refractivity contribution in [3.05, 3.63) is 119 Å². The van der Waals surface area contributed by atoms with Crippen molar-refractivity contribution in [3.8, 4) is 0 Å². The van der Waals surface area contributed by atoms with Crippen LogP contribution >= 0.6 is 34.9 Å². The van der Waals surface area contributed by atoms with Gasteiger partial charge in [0.15, 0.2) is 5.78 Å². The number of ketones is 1. The third-order valence-electron chi connectivity index (χ3n) is 19.5. The van der Waals surface area contributed by atoms with Crippen molar-refractivity contribution in [2.24, 2.45) is 35.1 Å². The number of thiazole rings is 1. The van der Waals surface area contributed by atoms with Crippen molar-refractivity contribution in [1.29, 1.82) is 0 Å². The Hall–Kier alpha value is -8.81. The first-order chi connectivity index (χ1) is 49.1. The van der Waals surface area contributed by atoms with Crippen LogP contribution in [-0.2, 0) is 83.5 Å². The number of nitrogens with one attached hydrogen (secondary N) is 9. The number of H-pyrrole nitrogens is 2. The molecule has 4 unspecified atom stereocenters. The second kappa shape index (κ2) is 36.4. The molecule has 2 aliphatic heterocycles. The molecule has 0 radical (unpaired) electrons. The normalized spacial score (nSPS) is 26.3. The minimum absolute atomic E-state index is 0.0368. The molecule has 0 spiro atoms. The van der Waals surface area contributed by atoms with Crippen LogP contribution in [0.25, 0.3) is 21.1 Å². The fraction of sp³-hybridized carbons (Fsp3) is 0.507. The number of fused-ring (bicyclic) bond motifs is 6. The summed E-state index contributed by atoms with van der Waals surface area (Å²) in [5.74, 6) is -9.87. The van der Waals surface area contributed by atoms with Gasteiger partial charge in [-0.05, 0) is 142 Å². The fourth-order valence-electron chi connectivity index (χ4n) is 14.3. The molecule has 14 N–H and O–H groups in total. The zero-order valence-corrected chi connectivity index (χ0v) is 58.8. The van der Waals surface area contributed by atoms with Crippen LogP contribution in [0.1, 0.15) is 117 Å². The van der Waals surface area contributed by atoms with E-state index in [-0.39, 0.29) is 87.8 Å². The summed E-state index contributed by atoms with van der Waals surface area (Å²) in [6.45, 7) is -0.273. The van der Waals surface area contributed by atoms with Gasteiger partial charge in [-0.25, -0.2) is 18.7 Å². The van der Waals surface area contributed by atoms with E-state index in [9.17, 15) is 43.1 Å². The van der Waals surface area contributed by atoms with Crippen LogP contribution < -0.4 is 48.7 Å². The van der Waals surface area contributed by atoms with Gasteiger partial charge in [-0.15, -0.1) is 11.3 Å². The van der Waals surface area contributed by atoms with Crippen LogP contribution in [0.5, 0.6) is 0 Å². The summed E-state index contributed by atoms with van der Waals surface area (Å²) < 4.78 is 31.0. The lowest BCUT2D eigenvalue weighted by Crippen LogP contribution is -2.60. The standard InChI is InChI=1S/C71H88F2N14O12S3/c72-45-16-15-41-13-14-42(48(41)27-45)24-54-68(96)85-56(31-64(91)92)70(98)84-55(29-47-33-76-38-79-47)69(97)86-57(30-63-82-51-9-1-2-12-60(51)102-63)71(99)87-21-6-11-58(87)59(88)26-44(65(75)93)37-101-36-40-8-5-7-39(23-40)35-100-22-19-61(89)80-52(10-3-4-20-74)66(94)78-34-62(90)81-53(67(95)83-54)25-43-32-77-50-18-17-46(73)28-49(43)50/h1-2,5,7-9,12,17-18,23,28,32-33,38,41-42,44-45,48,52-58,77H,3-4,6,10-11,13-16,19-22,24-27,29-31,34-37,74H2,(H2,75,93)(H,76,79)(H,78,94)(H,80,89)(H,81,90)(H,83,95)(H,84,98)(H,85,96)(H,86,97)(H,91,92)/t41?,42?,44-,45?,48?,52-,53-,54-,55-,56-,57-,58-/m0/s1. The maximum atomic E-state index is 15.3. The highest BCUT2D eigenvalue weighted by atomic mass is 32.2. The van der Waals surface area contributed by atoms with Crippen molar-refractivity contribution in [1.82, 2.24) is 62.1 Å². The monoisotopic (exact) mass is 1460 g/mol. The Bertz CT molecular complexity index is 3960. The Kier molecular flexibility index (Phi) is 27.0. The van der Waals surface area contributed by atoms with Gasteiger partial charge in [0.25, 0.3) is 0 Å². The number of carbonyl (C=O) groups excluding carboxylic acids is 10. The van der Waals surface area contributed by atoms with E-state index < -0.39 is 138 Å². The zero-order chi connectivity index (χ0) is 72.4. The zero-order valence-electron chi connectivity index (χ0n) is 56.4. The van der Waals surface area contributed by atoms with Gasteiger partial charge in [-0.3, -0.25) is 52.7 Å². The van der Waals surface area contributed by atoms with E-state index in [4.69, 9.17) is 16.5 Å². The molecule has 3 fully saturated rings. The number of Topliss-reactive ketones (excluding diaryl/α,β-unsaturated/α-hetero) is 1. The predicted molar refractivity (Wildman–Crippen MR) is 381 cm³/mol. The average Bonchev–Trinajstić information content (AvgIpc) is 1.62. The van der Waals surface area contributed by atoms with Gasteiger partial charge in [0, 0.05) is 90.7 Å². The van der Waals surface area contributed by atoms with Gasteiger partial charge in [-0.2, -0.15) is 23.5 Å². The fourth-order valence-corrected chi connectivity index (χ4v) is 17.3. The van der Waals surface area contributed by atoms with E-state index >= 15 is 23.6 Å². The number of carbonyl (C=O) groups is 11. The molecule has 1 saturated heterocycles. The largest absolute Gasteiger partial charge is 0.481 e. The summed E-state index contributed by atoms with van der Waals surface area (Å²) in [4.78, 5) is 174. The molecule has 10 rings (SSSR count). The van der Waals surface area contributed by atoms with Crippen molar-refractivity contribution in [2.45, 2.75) is 169 Å². The Morgan fingerprint density at radius 2 is 1.43 bits per heavy atom. The Morgan fingerprint density at radius 1 is 0.716 bits per heavy atom. The minimum atomic E-state index is -1.96. The van der Waals surface area contributed by atoms with E-state index in [0.29, 0.717) is 101 Å². The van der Waals surface area contributed by atoms with Crippen LogP contribution in [0.15, 0.2) is 85.5 Å². The summed E-state index contributed by atoms with van der Waals surface area (Å²) in [5.41, 5.74) is 15.4. The molecule has 4 aliphatic rings. The molecule has 102 heavy (non-hydrogen) atoms.